The van der Waals surface area contributed by atoms with Crippen molar-refractivity contribution >= 4 is 5.84 Å². The lowest BCUT2D eigenvalue weighted by Gasteiger charge is -2.03. The second-order valence-corrected chi connectivity index (χ2v) is 3.79. The first kappa shape index (κ1) is 11.3. The summed E-state index contributed by atoms with van der Waals surface area (Å²) in [5.74, 6) is 0.115. The largest absolute Gasteiger partial charge is 0.386 e. The zero-order valence-electron chi connectivity index (χ0n) is 9.72. The average molecular weight is 229 g/mol. The number of hydrogen-bond donors (Lipinski definition) is 2. The van der Waals surface area contributed by atoms with Crippen LogP contribution in [0.2, 0.25) is 0 Å². The molecule has 2 aromatic heterocycles. The Morgan fingerprint density at radius 3 is 2.71 bits per heavy atom. The molecule has 0 amide bonds. The minimum absolute atomic E-state index is 0.115. The molecule has 0 radical (unpaired) electrons. The zero-order valence-corrected chi connectivity index (χ0v) is 9.72. The molecule has 0 saturated heterocycles. The average Bonchev–Trinajstić information content (AvgIpc) is 2.72. The van der Waals surface area contributed by atoms with Crippen molar-refractivity contribution in [1.82, 2.24) is 14.8 Å². The van der Waals surface area contributed by atoms with Gasteiger partial charge in [-0.25, -0.2) is 0 Å². The van der Waals surface area contributed by atoms with Gasteiger partial charge < -0.3 is 5.73 Å². The lowest BCUT2D eigenvalue weighted by molar-refractivity contribution is 0.678. The second kappa shape index (κ2) is 4.78. The number of nitrogens with two attached hydrogens (primary N) is 1. The van der Waals surface area contributed by atoms with Crippen molar-refractivity contribution in [2.45, 2.75) is 19.9 Å². The molecule has 0 spiro atoms. The molecule has 0 fully saturated rings. The summed E-state index contributed by atoms with van der Waals surface area (Å²) < 4.78 is 1.78. The van der Waals surface area contributed by atoms with Crippen molar-refractivity contribution in [3.8, 4) is 11.3 Å². The van der Waals surface area contributed by atoms with Crippen LogP contribution < -0.4 is 5.73 Å². The van der Waals surface area contributed by atoms with Crippen LogP contribution >= 0.6 is 0 Å². The van der Waals surface area contributed by atoms with Gasteiger partial charge >= 0.3 is 0 Å². The Morgan fingerprint density at radius 1 is 1.41 bits per heavy atom. The molecule has 88 valence electrons. The van der Waals surface area contributed by atoms with Crippen molar-refractivity contribution in [3.63, 3.8) is 0 Å². The predicted octanol–water partition coefficient (Wildman–Crippen LogP) is 1.44. The summed E-state index contributed by atoms with van der Waals surface area (Å²) >= 11 is 0. The number of nitrogens with one attached hydrogen (secondary N) is 1. The monoisotopic (exact) mass is 229 g/mol. The summed E-state index contributed by atoms with van der Waals surface area (Å²) in [6.45, 7) is 2.40. The van der Waals surface area contributed by atoms with Crippen molar-refractivity contribution in [3.05, 3.63) is 36.3 Å². The second-order valence-electron chi connectivity index (χ2n) is 3.79. The van der Waals surface area contributed by atoms with Gasteiger partial charge in [-0.3, -0.25) is 15.1 Å². The quantitative estimate of drug-likeness (QED) is 0.615. The van der Waals surface area contributed by atoms with E-state index in [0.717, 1.165) is 23.4 Å². The Kier molecular flexibility index (Phi) is 3.18. The minimum Gasteiger partial charge on any atom is -0.386 e. The van der Waals surface area contributed by atoms with Crippen LogP contribution in [-0.2, 0) is 13.0 Å². The topological polar surface area (TPSA) is 80.6 Å². The summed E-state index contributed by atoms with van der Waals surface area (Å²) in [6, 6.07) is 5.86. The SMILES string of the molecule is CCc1cc(-c2ccncc2)nn1CC(=N)N. The lowest BCUT2D eigenvalue weighted by Crippen LogP contribution is -2.20. The third-order valence-electron chi connectivity index (χ3n) is 2.52. The van der Waals surface area contributed by atoms with Gasteiger partial charge in [0, 0.05) is 23.7 Å². The summed E-state index contributed by atoms with van der Waals surface area (Å²) in [6.07, 6.45) is 4.35. The maximum atomic E-state index is 7.32. The van der Waals surface area contributed by atoms with Gasteiger partial charge in [0.2, 0.25) is 0 Å². The van der Waals surface area contributed by atoms with Crippen LogP contribution in [0.3, 0.4) is 0 Å². The van der Waals surface area contributed by atoms with Crippen molar-refractivity contribution in [2.75, 3.05) is 0 Å². The Morgan fingerprint density at radius 2 is 2.12 bits per heavy atom. The smallest absolute Gasteiger partial charge is 0.113 e. The molecule has 17 heavy (non-hydrogen) atoms. The number of nitrogens with zero attached hydrogens (tertiary/aromatic N) is 3. The molecule has 2 aromatic rings. The first-order valence-corrected chi connectivity index (χ1v) is 5.50. The number of rotatable bonds is 4. The summed E-state index contributed by atoms with van der Waals surface area (Å²) in [5.41, 5.74) is 8.40. The molecule has 0 unspecified atom stereocenters. The molecule has 5 heteroatoms. The number of aryl methyl sites for hydroxylation is 1. The van der Waals surface area contributed by atoms with Gasteiger partial charge in [0.25, 0.3) is 0 Å². The van der Waals surface area contributed by atoms with E-state index in [1.807, 2.05) is 18.2 Å². The van der Waals surface area contributed by atoms with Crippen LogP contribution in [0, 0.1) is 5.41 Å². The molecule has 0 atom stereocenters. The maximum absolute atomic E-state index is 7.32. The number of aromatic nitrogens is 3. The lowest BCUT2D eigenvalue weighted by atomic mass is 10.2. The normalized spacial score (nSPS) is 10.4. The van der Waals surface area contributed by atoms with E-state index in [2.05, 4.69) is 17.0 Å². The number of pyridine rings is 1. The molecule has 3 N–H and O–H groups in total. The fourth-order valence-electron chi connectivity index (χ4n) is 1.70. The minimum atomic E-state index is 0.115. The van der Waals surface area contributed by atoms with Gasteiger partial charge in [0.05, 0.1) is 12.2 Å². The van der Waals surface area contributed by atoms with Gasteiger partial charge in [-0.2, -0.15) is 5.10 Å². The molecular formula is C12H15N5. The van der Waals surface area contributed by atoms with Gasteiger partial charge in [-0.1, -0.05) is 6.92 Å². The molecule has 0 aliphatic heterocycles. The maximum Gasteiger partial charge on any atom is 0.113 e. The first-order chi connectivity index (χ1) is 8.20. The highest BCUT2D eigenvalue weighted by molar-refractivity contribution is 5.76. The number of hydrogen-bond acceptors (Lipinski definition) is 3. The van der Waals surface area contributed by atoms with Crippen LogP contribution in [0.15, 0.2) is 30.6 Å². The number of amidine groups is 1. The van der Waals surface area contributed by atoms with E-state index in [9.17, 15) is 0 Å². The summed E-state index contributed by atoms with van der Waals surface area (Å²) in [7, 11) is 0. The van der Waals surface area contributed by atoms with Gasteiger partial charge in [-0.05, 0) is 24.6 Å². The Labute approximate surface area is 99.8 Å². The van der Waals surface area contributed by atoms with E-state index in [-0.39, 0.29) is 5.84 Å². The van der Waals surface area contributed by atoms with E-state index in [4.69, 9.17) is 11.1 Å². The fraction of sp³-hybridized carbons (Fsp3) is 0.250. The van der Waals surface area contributed by atoms with E-state index in [1.54, 1.807) is 17.1 Å². The Hall–Kier alpha value is -2.17. The van der Waals surface area contributed by atoms with Crippen LogP contribution in [0.5, 0.6) is 0 Å². The van der Waals surface area contributed by atoms with Crippen molar-refractivity contribution in [2.24, 2.45) is 5.73 Å². The van der Waals surface area contributed by atoms with Gasteiger partial charge in [-0.15, -0.1) is 0 Å². The molecule has 0 aliphatic carbocycles. The van der Waals surface area contributed by atoms with Crippen LogP contribution in [0.4, 0.5) is 0 Å². The van der Waals surface area contributed by atoms with Gasteiger partial charge in [0.15, 0.2) is 0 Å². The molecule has 0 aromatic carbocycles. The highest BCUT2D eigenvalue weighted by atomic mass is 15.3. The highest BCUT2D eigenvalue weighted by Gasteiger charge is 2.08. The molecule has 0 saturated carbocycles. The van der Waals surface area contributed by atoms with E-state index in [1.165, 1.54) is 0 Å². The fourth-order valence-corrected chi connectivity index (χ4v) is 1.70. The van der Waals surface area contributed by atoms with Crippen LogP contribution in [-0.4, -0.2) is 20.6 Å². The standard InChI is InChI=1S/C12H15N5/c1-2-10-7-11(9-3-5-15-6-4-9)16-17(10)8-12(13)14/h3-7H,2,8H2,1H3,(H3,13,14). The zero-order chi connectivity index (χ0) is 12.3. The molecule has 2 rings (SSSR count). The molecule has 0 aliphatic rings. The Bertz CT molecular complexity index is 515. The third-order valence-corrected chi connectivity index (χ3v) is 2.52. The molecule has 0 bridgehead atoms. The first-order valence-electron chi connectivity index (χ1n) is 5.50. The van der Waals surface area contributed by atoms with Crippen molar-refractivity contribution in [1.29, 1.82) is 5.41 Å². The molecule has 2 heterocycles. The Balaban J connectivity index is 2.37. The third kappa shape index (κ3) is 2.50. The van der Waals surface area contributed by atoms with Crippen LogP contribution in [0.1, 0.15) is 12.6 Å². The van der Waals surface area contributed by atoms with Crippen molar-refractivity contribution < 1.29 is 0 Å². The van der Waals surface area contributed by atoms with Crippen LogP contribution in [0.25, 0.3) is 11.3 Å². The summed E-state index contributed by atoms with van der Waals surface area (Å²) in [4.78, 5) is 3.98. The highest BCUT2D eigenvalue weighted by Crippen LogP contribution is 2.18. The predicted molar refractivity (Wildman–Crippen MR) is 66.8 cm³/mol. The molecule has 5 nitrogen and oxygen atoms in total. The summed E-state index contributed by atoms with van der Waals surface area (Å²) in [5, 5.41) is 11.8. The van der Waals surface area contributed by atoms with Gasteiger partial charge in [0.1, 0.15) is 5.84 Å². The molecular weight excluding hydrogens is 214 g/mol. The van der Waals surface area contributed by atoms with E-state index < -0.39 is 0 Å². The van der Waals surface area contributed by atoms with E-state index >= 15 is 0 Å². The van der Waals surface area contributed by atoms with E-state index in [0.29, 0.717) is 6.54 Å².